The zero-order chi connectivity index (χ0) is 18.4. The lowest BCUT2D eigenvalue weighted by molar-refractivity contribution is -0.115. The van der Waals surface area contributed by atoms with Gasteiger partial charge in [0.25, 0.3) is 0 Å². The molecule has 0 saturated heterocycles. The number of rotatable bonds is 7. The van der Waals surface area contributed by atoms with Crippen LogP contribution in [-0.2, 0) is 4.79 Å². The molecular weight excluding hydrogens is 322 g/mol. The highest BCUT2D eigenvalue weighted by Crippen LogP contribution is 2.20. The standard InChI is InChI=1S/C20H24F2N2O/c1-4-13(2)15-5-8-17(9-6-15)24-20(25)12-23-14(3)16-7-10-18(21)19(22)11-16/h5-11,13-14,23H,4,12H2,1-3H3,(H,24,25)/t13-,14-/m0/s1. The predicted molar refractivity (Wildman–Crippen MR) is 96.6 cm³/mol. The Hall–Kier alpha value is -2.27. The summed E-state index contributed by atoms with van der Waals surface area (Å²) in [4.78, 5) is 12.0. The van der Waals surface area contributed by atoms with Gasteiger partial charge >= 0.3 is 0 Å². The quantitative estimate of drug-likeness (QED) is 0.758. The summed E-state index contributed by atoms with van der Waals surface area (Å²) in [6.45, 7) is 6.17. The first-order valence-electron chi connectivity index (χ1n) is 8.48. The summed E-state index contributed by atoms with van der Waals surface area (Å²) in [5.41, 5.74) is 2.56. The molecule has 0 radical (unpaired) electrons. The van der Waals surface area contributed by atoms with Gasteiger partial charge in [0.1, 0.15) is 0 Å². The van der Waals surface area contributed by atoms with E-state index in [1.807, 2.05) is 24.3 Å². The summed E-state index contributed by atoms with van der Waals surface area (Å²) in [5, 5.41) is 5.82. The third kappa shape index (κ3) is 5.36. The molecule has 2 atom stereocenters. The Kier molecular flexibility index (Phi) is 6.65. The van der Waals surface area contributed by atoms with E-state index in [1.165, 1.54) is 11.6 Å². The molecule has 0 aliphatic rings. The fourth-order valence-electron chi connectivity index (χ4n) is 2.48. The van der Waals surface area contributed by atoms with Crippen LogP contribution in [0.3, 0.4) is 0 Å². The van der Waals surface area contributed by atoms with E-state index in [0.29, 0.717) is 11.5 Å². The van der Waals surface area contributed by atoms with Crippen molar-refractivity contribution in [3.8, 4) is 0 Å². The lowest BCUT2D eigenvalue weighted by Gasteiger charge is -2.15. The first-order chi connectivity index (χ1) is 11.9. The Bertz CT molecular complexity index is 716. The van der Waals surface area contributed by atoms with Gasteiger partial charge in [-0.1, -0.05) is 32.0 Å². The third-order valence-corrected chi connectivity index (χ3v) is 4.39. The van der Waals surface area contributed by atoms with Crippen molar-refractivity contribution in [3.63, 3.8) is 0 Å². The minimum Gasteiger partial charge on any atom is -0.325 e. The van der Waals surface area contributed by atoms with Gasteiger partial charge in [0, 0.05) is 11.7 Å². The number of nitrogens with one attached hydrogen (secondary N) is 2. The van der Waals surface area contributed by atoms with Gasteiger partial charge in [-0.3, -0.25) is 4.79 Å². The van der Waals surface area contributed by atoms with Crippen molar-refractivity contribution in [1.29, 1.82) is 0 Å². The lowest BCUT2D eigenvalue weighted by Crippen LogP contribution is -2.30. The van der Waals surface area contributed by atoms with Crippen LogP contribution >= 0.6 is 0 Å². The zero-order valence-corrected chi connectivity index (χ0v) is 14.8. The monoisotopic (exact) mass is 346 g/mol. The van der Waals surface area contributed by atoms with Crippen LogP contribution < -0.4 is 10.6 Å². The maximum absolute atomic E-state index is 13.3. The zero-order valence-electron chi connectivity index (χ0n) is 14.8. The number of halogens is 2. The van der Waals surface area contributed by atoms with Crippen molar-refractivity contribution in [2.45, 2.75) is 39.2 Å². The van der Waals surface area contributed by atoms with Gasteiger partial charge < -0.3 is 10.6 Å². The molecule has 2 N–H and O–H groups in total. The minimum absolute atomic E-state index is 0.0767. The van der Waals surface area contributed by atoms with Crippen molar-refractivity contribution in [3.05, 3.63) is 65.2 Å². The molecule has 0 fully saturated rings. The number of carbonyl (C=O) groups is 1. The largest absolute Gasteiger partial charge is 0.325 e. The summed E-state index contributed by atoms with van der Waals surface area (Å²) in [6.07, 6.45) is 1.07. The Morgan fingerprint density at radius 3 is 2.24 bits per heavy atom. The SMILES string of the molecule is CC[C@H](C)c1ccc(NC(=O)CN[C@@H](C)c2ccc(F)c(F)c2)cc1. The molecule has 0 unspecified atom stereocenters. The van der Waals surface area contributed by atoms with E-state index in [9.17, 15) is 13.6 Å². The summed E-state index contributed by atoms with van der Waals surface area (Å²) in [5.74, 6) is -1.47. The number of anilines is 1. The number of amides is 1. The first kappa shape index (κ1) is 19.1. The van der Waals surface area contributed by atoms with Crippen molar-refractivity contribution in [2.75, 3.05) is 11.9 Å². The predicted octanol–water partition coefficient (Wildman–Crippen LogP) is 4.77. The molecule has 2 aromatic carbocycles. The van der Waals surface area contributed by atoms with Gasteiger partial charge in [-0.2, -0.15) is 0 Å². The van der Waals surface area contributed by atoms with Crippen LogP contribution in [0.15, 0.2) is 42.5 Å². The van der Waals surface area contributed by atoms with E-state index in [4.69, 9.17) is 0 Å². The van der Waals surface area contributed by atoms with E-state index < -0.39 is 11.6 Å². The second kappa shape index (κ2) is 8.72. The molecule has 25 heavy (non-hydrogen) atoms. The van der Waals surface area contributed by atoms with Gasteiger partial charge in [0.05, 0.1) is 6.54 Å². The third-order valence-electron chi connectivity index (χ3n) is 4.39. The highest BCUT2D eigenvalue weighted by molar-refractivity contribution is 5.92. The normalized spacial score (nSPS) is 13.3. The fraction of sp³-hybridized carbons (Fsp3) is 0.350. The average Bonchev–Trinajstić information content (AvgIpc) is 2.62. The molecule has 0 heterocycles. The smallest absolute Gasteiger partial charge is 0.238 e. The average molecular weight is 346 g/mol. The summed E-state index contributed by atoms with van der Waals surface area (Å²) in [6, 6.07) is 11.3. The molecule has 134 valence electrons. The molecular formula is C20H24F2N2O. The topological polar surface area (TPSA) is 41.1 Å². The highest BCUT2D eigenvalue weighted by atomic mass is 19.2. The maximum atomic E-state index is 13.3. The maximum Gasteiger partial charge on any atom is 0.238 e. The van der Waals surface area contributed by atoms with Crippen LogP contribution in [0.1, 0.15) is 50.3 Å². The van der Waals surface area contributed by atoms with Gasteiger partial charge in [-0.15, -0.1) is 0 Å². The second-order valence-electron chi connectivity index (χ2n) is 6.26. The molecule has 0 saturated carbocycles. The van der Waals surface area contributed by atoms with Crippen molar-refractivity contribution < 1.29 is 13.6 Å². The number of carbonyl (C=O) groups excluding carboxylic acids is 1. The van der Waals surface area contributed by atoms with Gasteiger partial charge in [0.2, 0.25) is 5.91 Å². The Morgan fingerprint density at radius 1 is 1.00 bits per heavy atom. The number of benzene rings is 2. The number of hydrogen-bond acceptors (Lipinski definition) is 2. The van der Waals surface area contributed by atoms with Crippen LogP contribution in [0.2, 0.25) is 0 Å². The lowest BCUT2D eigenvalue weighted by atomic mass is 9.99. The van der Waals surface area contributed by atoms with Crippen LogP contribution in [0.4, 0.5) is 14.5 Å². The van der Waals surface area contributed by atoms with Gasteiger partial charge in [0.15, 0.2) is 11.6 Å². The highest BCUT2D eigenvalue weighted by Gasteiger charge is 2.11. The van der Waals surface area contributed by atoms with Gasteiger partial charge in [-0.05, 0) is 54.7 Å². The van der Waals surface area contributed by atoms with Crippen molar-refractivity contribution >= 4 is 11.6 Å². The molecule has 0 aliphatic heterocycles. The van der Waals surface area contributed by atoms with Crippen LogP contribution in [0.25, 0.3) is 0 Å². The molecule has 2 aromatic rings. The van der Waals surface area contributed by atoms with Crippen LogP contribution in [-0.4, -0.2) is 12.5 Å². The van der Waals surface area contributed by atoms with E-state index >= 15 is 0 Å². The van der Waals surface area contributed by atoms with E-state index in [1.54, 1.807) is 6.92 Å². The molecule has 0 aliphatic carbocycles. The Balaban J connectivity index is 1.86. The molecule has 5 heteroatoms. The van der Waals surface area contributed by atoms with Crippen LogP contribution in [0.5, 0.6) is 0 Å². The Morgan fingerprint density at radius 2 is 1.64 bits per heavy atom. The molecule has 0 aromatic heterocycles. The molecule has 1 amide bonds. The fourth-order valence-corrected chi connectivity index (χ4v) is 2.48. The molecule has 3 nitrogen and oxygen atoms in total. The second-order valence-corrected chi connectivity index (χ2v) is 6.26. The van der Waals surface area contributed by atoms with E-state index in [-0.39, 0.29) is 18.5 Å². The van der Waals surface area contributed by atoms with Crippen molar-refractivity contribution in [1.82, 2.24) is 5.32 Å². The minimum atomic E-state index is -0.892. The summed E-state index contributed by atoms with van der Waals surface area (Å²) < 4.78 is 26.2. The van der Waals surface area contributed by atoms with Gasteiger partial charge in [-0.25, -0.2) is 8.78 Å². The molecule has 2 rings (SSSR count). The molecule has 0 spiro atoms. The van der Waals surface area contributed by atoms with Crippen molar-refractivity contribution in [2.24, 2.45) is 0 Å². The molecule has 0 bridgehead atoms. The van der Waals surface area contributed by atoms with E-state index in [2.05, 4.69) is 24.5 Å². The van der Waals surface area contributed by atoms with Crippen LogP contribution in [0, 0.1) is 11.6 Å². The summed E-state index contributed by atoms with van der Waals surface area (Å²) in [7, 11) is 0. The Labute approximate surface area is 147 Å². The number of hydrogen-bond donors (Lipinski definition) is 2. The first-order valence-corrected chi connectivity index (χ1v) is 8.48. The van der Waals surface area contributed by atoms with E-state index in [0.717, 1.165) is 24.2 Å². The summed E-state index contributed by atoms with van der Waals surface area (Å²) >= 11 is 0.